The van der Waals surface area contributed by atoms with Gasteiger partial charge in [-0.1, -0.05) is 41.9 Å². The molecule has 1 N–H and O–H groups in total. The predicted octanol–water partition coefficient (Wildman–Crippen LogP) is 5.54. The van der Waals surface area contributed by atoms with Gasteiger partial charge in [-0.25, -0.2) is 4.39 Å². The number of rotatable bonds is 4. The van der Waals surface area contributed by atoms with Crippen LogP contribution in [0.15, 0.2) is 48.5 Å². The van der Waals surface area contributed by atoms with E-state index in [9.17, 15) is 4.39 Å². The summed E-state index contributed by atoms with van der Waals surface area (Å²) in [5, 5.41) is 5.31. The van der Waals surface area contributed by atoms with Crippen molar-refractivity contribution in [3.05, 3.63) is 69.8 Å². The molecule has 0 spiro atoms. The van der Waals surface area contributed by atoms with E-state index < -0.39 is 0 Å². The fourth-order valence-electron chi connectivity index (χ4n) is 2.32. The topological polar surface area (TPSA) is 12.0 Å². The van der Waals surface area contributed by atoms with E-state index in [1.807, 2.05) is 31.2 Å². The quantitative estimate of drug-likeness (QED) is 0.665. The lowest BCUT2D eigenvalue weighted by Gasteiger charge is -2.13. The molecule has 21 heavy (non-hydrogen) atoms. The smallest absolute Gasteiger partial charge is 0.123 e. The van der Waals surface area contributed by atoms with Crippen molar-refractivity contribution in [2.45, 2.75) is 19.5 Å². The molecule has 1 aromatic heterocycles. The van der Waals surface area contributed by atoms with Gasteiger partial charge < -0.3 is 5.32 Å². The van der Waals surface area contributed by atoms with Crippen molar-refractivity contribution in [1.29, 1.82) is 0 Å². The molecule has 0 saturated heterocycles. The molecule has 3 rings (SSSR count). The van der Waals surface area contributed by atoms with Gasteiger partial charge >= 0.3 is 0 Å². The van der Waals surface area contributed by atoms with Gasteiger partial charge in [0.1, 0.15) is 5.82 Å². The van der Waals surface area contributed by atoms with Crippen molar-refractivity contribution in [2.75, 3.05) is 0 Å². The van der Waals surface area contributed by atoms with Gasteiger partial charge in [-0.3, -0.25) is 0 Å². The molecule has 0 fully saturated rings. The van der Waals surface area contributed by atoms with Gasteiger partial charge in [-0.2, -0.15) is 0 Å². The van der Waals surface area contributed by atoms with Gasteiger partial charge in [0.2, 0.25) is 0 Å². The molecule has 108 valence electrons. The van der Waals surface area contributed by atoms with E-state index in [0.717, 1.165) is 20.8 Å². The summed E-state index contributed by atoms with van der Waals surface area (Å²) in [6, 6.07) is 14.9. The van der Waals surface area contributed by atoms with Crippen LogP contribution in [0.3, 0.4) is 0 Å². The highest BCUT2D eigenvalue weighted by Crippen LogP contribution is 2.35. The summed E-state index contributed by atoms with van der Waals surface area (Å²) >= 11 is 8.12. The van der Waals surface area contributed by atoms with Crippen LogP contribution >= 0.6 is 22.9 Å². The largest absolute Gasteiger partial charge is 0.305 e. The Morgan fingerprint density at radius 1 is 1.19 bits per heavy atom. The number of nitrogens with one attached hydrogen (secondary N) is 1. The van der Waals surface area contributed by atoms with Crippen molar-refractivity contribution in [1.82, 2.24) is 5.32 Å². The van der Waals surface area contributed by atoms with E-state index in [4.69, 9.17) is 11.6 Å². The van der Waals surface area contributed by atoms with Crippen LogP contribution in [0.25, 0.3) is 10.1 Å². The van der Waals surface area contributed by atoms with Gasteiger partial charge in [0.05, 0.1) is 5.02 Å². The third kappa shape index (κ3) is 3.10. The molecular formula is C17H15ClFNS. The van der Waals surface area contributed by atoms with Crippen LogP contribution in [0.5, 0.6) is 0 Å². The zero-order valence-electron chi connectivity index (χ0n) is 11.6. The molecule has 0 bridgehead atoms. The summed E-state index contributed by atoms with van der Waals surface area (Å²) in [5.41, 5.74) is 0.937. The molecule has 0 radical (unpaired) electrons. The van der Waals surface area contributed by atoms with Crippen LogP contribution in [-0.2, 0) is 6.54 Å². The van der Waals surface area contributed by atoms with E-state index in [-0.39, 0.29) is 11.9 Å². The SMILES string of the molecule is CC(NCc1sc2ccccc2c1Cl)c1cccc(F)c1. The van der Waals surface area contributed by atoms with Gasteiger partial charge in [0.25, 0.3) is 0 Å². The van der Waals surface area contributed by atoms with Crippen LogP contribution in [0.4, 0.5) is 4.39 Å². The maximum absolute atomic E-state index is 13.2. The molecule has 0 aliphatic heterocycles. The zero-order chi connectivity index (χ0) is 14.8. The van der Waals surface area contributed by atoms with Crippen molar-refractivity contribution >= 4 is 33.0 Å². The van der Waals surface area contributed by atoms with E-state index in [1.165, 1.54) is 10.8 Å². The minimum atomic E-state index is -0.207. The number of fused-ring (bicyclic) bond motifs is 1. The maximum atomic E-state index is 13.2. The first-order valence-corrected chi connectivity index (χ1v) is 7.99. The monoisotopic (exact) mass is 319 g/mol. The lowest BCUT2D eigenvalue weighted by Crippen LogP contribution is -2.17. The Morgan fingerprint density at radius 3 is 2.76 bits per heavy atom. The van der Waals surface area contributed by atoms with E-state index in [2.05, 4.69) is 11.4 Å². The van der Waals surface area contributed by atoms with Gasteiger partial charge in [-0.15, -0.1) is 11.3 Å². The van der Waals surface area contributed by atoms with E-state index in [1.54, 1.807) is 23.5 Å². The molecular weight excluding hydrogens is 305 g/mol. The molecule has 1 heterocycles. The highest BCUT2D eigenvalue weighted by molar-refractivity contribution is 7.19. The summed E-state index contributed by atoms with van der Waals surface area (Å²) in [6.45, 7) is 2.70. The molecule has 0 saturated carbocycles. The summed E-state index contributed by atoms with van der Waals surface area (Å²) < 4.78 is 14.4. The molecule has 2 aromatic carbocycles. The number of thiophene rings is 1. The Labute approximate surface area is 132 Å². The molecule has 0 aliphatic carbocycles. The number of hydrogen-bond donors (Lipinski definition) is 1. The number of hydrogen-bond acceptors (Lipinski definition) is 2. The average Bonchev–Trinajstić information content (AvgIpc) is 2.82. The Bertz CT molecular complexity index is 768. The standard InChI is InChI=1S/C17H15ClFNS/c1-11(12-5-4-6-13(19)9-12)20-10-16-17(18)14-7-2-3-8-15(14)21-16/h2-9,11,20H,10H2,1H3. The van der Waals surface area contributed by atoms with Crippen LogP contribution in [-0.4, -0.2) is 0 Å². The molecule has 0 amide bonds. The van der Waals surface area contributed by atoms with Crippen molar-refractivity contribution in [3.8, 4) is 0 Å². The van der Waals surface area contributed by atoms with Crippen LogP contribution in [0, 0.1) is 5.82 Å². The Kier molecular flexibility index (Phi) is 4.24. The van der Waals surface area contributed by atoms with Crippen molar-refractivity contribution in [2.24, 2.45) is 0 Å². The highest BCUT2D eigenvalue weighted by atomic mass is 35.5. The van der Waals surface area contributed by atoms with Crippen molar-refractivity contribution in [3.63, 3.8) is 0 Å². The summed E-state index contributed by atoms with van der Waals surface area (Å²) in [5.74, 6) is -0.207. The second kappa shape index (κ2) is 6.14. The van der Waals surface area contributed by atoms with Gasteiger partial charge in [0, 0.05) is 27.5 Å². The lowest BCUT2D eigenvalue weighted by molar-refractivity contribution is 0.568. The molecule has 4 heteroatoms. The first-order chi connectivity index (χ1) is 10.1. The summed E-state index contributed by atoms with van der Waals surface area (Å²) in [7, 11) is 0. The minimum Gasteiger partial charge on any atom is -0.305 e. The third-order valence-electron chi connectivity index (χ3n) is 3.52. The average molecular weight is 320 g/mol. The predicted molar refractivity (Wildman–Crippen MR) is 88.5 cm³/mol. The fourth-order valence-corrected chi connectivity index (χ4v) is 3.77. The maximum Gasteiger partial charge on any atom is 0.123 e. The van der Waals surface area contributed by atoms with Crippen LogP contribution in [0.1, 0.15) is 23.4 Å². The fraction of sp³-hybridized carbons (Fsp3) is 0.176. The molecule has 0 aliphatic rings. The van der Waals surface area contributed by atoms with Crippen LogP contribution < -0.4 is 5.32 Å². The van der Waals surface area contributed by atoms with E-state index >= 15 is 0 Å². The molecule has 1 nitrogen and oxygen atoms in total. The van der Waals surface area contributed by atoms with Crippen LogP contribution in [0.2, 0.25) is 5.02 Å². The molecule has 3 aromatic rings. The highest BCUT2D eigenvalue weighted by Gasteiger charge is 2.11. The normalized spacial score (nSPS) is 12.7. The molecule has 1 atom stereocenters. The first-order valence-electron chi connectivity index (χ1n) is 6.80. The minimum absolute atomic E-state index is 0.0713. The summed E-state index contributed by atoms with van der Waals surface area (Å²) in [6.07, 6.45) is 0. The van der Waals surface area contributed by atoms with Crippen molar-refractivity contribution < 1.29 is 4.39 Å². The Hall–Kier alpha value is -1.42. The Morgan fingerprint density at radius 2 is 2.00 bits per heavy atom. The first kappa shape index (κ1) is 14.5. The van der Waals surface area contributed by atoms with E-state index in [0.29, 0.717) is 6.54 Å². The molecule has 1 unspecified atom stereocenters. The van der Waals surface area contributed by atoms with Gasteiger partial charge in [0.15, 0.2) is 0 Å². The van der Waals surface area contributed by atoms with Gasteiger partial charge in [-0.05, 0) is 30.7 Å². The number of halogens is 2. The lowest BCUT2D eigenvalue weighted by atomic mass is 10.1. The number of benzene rings is 2. The summed E-state index contributed by atoms with van der Waals surface area (Å²) in [4.78, 5) is 1.11. The second-order valence-corrected chi connectivity index (χ2v) is 6.51. The zero-order valence-corrected chi connectivity index (χ0v) is 13.1. The second-order valence-electron chi connectivity index (χ2n) is 4.99. The third-order valence-corrected chi connectivity index (χ3v) is 5.23. The Balaban J connectivity index is 1.75.